The molecule has 0 bridgehead atoms. The van der Waals surface area contributed by atoms with E-state index in [9.17, 15) is 4.79 Å². The largest absolute Gasteiger partial charge is 0.300 e. The Kier molecular flexibility index (Phi) is 3.90. The molecule has 2 nitrogen and oxygen atoms in total. The Hall–Kier alpha value is -0.890. The van der Waals surface area contributed by atoms with Crippen molar-refractivity contribution in [3.05, 3.63) is 29.0 Å². The van der Waals surface area contributed by atoms with Gasteiger partial charge in [-0.25, -0.2) is 0 Å². The minimum atomic E-state index is 0.227. The normalized spacial score (nSPS) is 10.0. The van der Waals surface area contributed by atoms with Crippen LogP contribution in [0.25, 0.3) is 0 Å². The number of ketones is 1. The van der Waals surface area contributed by atoms with Crippen LogP contribution in [0, 0.1) is 0 Å². The Morgan fingerprint density at radius 2 is 2.38 bits per heavy atom. The van der Waals surface area contributed by atoms with Crippen LogP contribution in [-0.2, 0) is 11.2 Å². The molecule has 0 atom stereocenters. The van der Waals surface area contributed by atoms with Gasteiger partial charge in [0, 0.05) is 18.8 Å². The molecule has 1 rings (SSSR count). The molecule has 1 aromatic heterocycles. The standard InChI is InChI=1S/C10H12ClNO/c1-8(13)3-2-4-9-5-6-12-7-10(9)11/h5-7H,2-4H2,1H3. The van der Waals surface area contributed by atoms with Crippen LogP contribution in [0.4, 0.5) is 0 Å². The maximum absolute atomic E-state index is 10.7. The molecule has 0 amide bonds. The van der Waals surface area contributed by atoms with E-state index in [1.807, 2.05) is 6.07 Å². The molecule has 0 fully saturated rings. The first-order valence-electron chi connectivity index (χ1n) is 4.28. The Balaban J connectivity index is 2.45. The van der Waals surface area contributed by atoms with Crippen LogP contribution < -0.4 is 0 Å². The second-order valence-electron chi connectivity index (χ2n) is 3.02. The molecule has 0 spiro atoms. The van der Waals surface area contributed by atoms with E-state index >= 15 is 0 Å². The predicted molar refractivity (Wildman–Crippen MR) is 52.9 cm³/mol. The maximum atomic E-state index is 10.7. The number of hydrogen-bond acceptors (Lipinski definition) is 2. The third-order valence-corrected chi connectivity index (χ3v) is 2.17. The van der Waals surface area contributed by atoms with Gasteiger partial charge in [-0.1, -0.05) is 11.6 Å². The molecule has 0 saturated carbocycles. The minimum absolute atomic E-state index is 0.227. The lowest BCUT2D eigenvalue weighted by molar-refractivity contribution is -0.117. The molecule has 0 unspecified atom stereocenters. The van der Waals surface area contributed by atoms with Gasteiger partial charge in [-0.05, 0) is 31.4 Å². The molecular weight excluding hydrogens is 186 g/mol. The van der Waals surface area contributed by atoms with E-state index in [1.54, 1.807) is 19.3 Å². The number of Topliss-reactive ketones (excluding diaryl/α,β-unsaturated/α-hetero) is 1. The van der Waals surface area contributed by atoms with Gasteiger partial charge in [0.15, 0.2) is 0 Å². The summed E-state index contributed by atoms with van der Waals surface area (Å²) in [7, 11) is 0. The lowest BCUT2D eigenvalue weighted by Gasteiger charge is -2.01. The van der Waals surface area contributed by atoms with Crippen molar-refractivity contribution in [2.45, 2.75) is 26.2 Å². The first-order chi connectivity index (χ1) is 6.20. The van der Waals surface area contributed by atoms with Crippen LogP contribution in [0.15, 0.2) is 18.5 Å². The summed E-state index contributed by atoms with van der Waals surface area (Å²) < 4.78 is 0. The number of halogens is 1. The Morgan fingerprint density at radius 3 is 3.00 bits per heavy atom. The maximum Gasteiger partial charge on any atom is 0.129 e. The van der Waals surface area contributed by atoms with Crippen molar-refractivity contribution < 1.29 is 4.79 Å². The van der Waals surface area contributed by atoms with Gasteiger partial charge in [0.05, 0.1) is 5.02 Å². The number of carbonyl (C=O) groups excluding carboxylic acids is 1. The van der Waals surface area contributed by atoms with E-state index in [0.717, 1.165) is 18.4 Å². The van der Waals surface area contributed by atoms with Crippen molar-refractivity contribution in [1.82, 2.24) is 4.98 Å². The zero-order chi connectivity index (χ0) is 9.68. The van der Waals surface area contributed by atoms with E-state index in [4.69, 9.17) is 11.6 Å². The van der Waals surface area contributed by atoms with Crippen molar-refractivity contribution in [1.29, 1.82) is 0 Å². The number of rotatable bonds is 4. The van der Waals surface area contributed by atoms with Gasteiger partial charge in [0.25, 0.3) is 0 Å². The van der Waals surface area contributed by atoms with Gasteiger partial charge in [0.2, 0.25) is 0 Å². The molecule has 0 saturated heterocycles. The summed E-state index contributed by atoms with van der Waals surface area (Å²) in [5.74, 6) is 0.227. The van der Waals surface area contributed by atoms with Gasteiger partial charge in [-0.3, -0.25) is 4.98 Å². The van der Waals surface area contributed by atoms with Crippen LogP contribution in [0.2, 0.25) is 5.02 Å². The summed E-state index contributed by atoms with van der Waals surface area (Å²) >= 11 is 5.89. The highest BCUT2D eigenvalue weighted by molar-refractivity contribution is 6.31. The average molecular weight is 198 g/mol. The van der Waals surface area contributed by atoms with Crippen LogP contribution in [0.3, 0.4) is 0 Å². The SMILES string of the molecule is CC(=O)CCCc1ccncc1Cl. The second kappa shape index (κ2) is 4.97. The van der Waals surface area contributed by atoms with Crippen molar-refractivity contribution in [3.8, 4) is 0 Å². The van der Waals surface area contributed by atoms with Gasteiger partial charge in [0.1, 0.15) is 5.78 Å². The summed E-state index contributed by atoms with van der Waals surface area (Å²) in [5, 5.41) is 0.686. The molecular formula is C10H12ClNO. The molecule has 13 heavy (non-hydrogen) atoms. The van der Waals surface area contributed by atoms with Crippen LogP contribution in [0.1, 0.15) is 25.3 Å². The highest BCUT2D eigenvalue weighted by Gasteiger charge is 2.00. The quantitative estimate of drug-likeness (QED) is 0.743. The summed E-state index contributed by atoms with van der Waals surface area (Å²) in [4.78, 5) is 14.6. The highest BCUT2D eigenvalue weighted by Crippen LogP contribution is 2.15. The second-order valence-corrected chi connectivity index (χ2v) is 3.43. The predicted octanol–water partition coefficient (Wildman–Crippen LogP) is 2.65. The van der Waals surface area contributed by atoms with E-state index in [-0.39, 0.29) is 5.78 Å². The fourth-order valence-electron chi connectivity index (χ4n) is 1.13. The summed E-state index contributed by atoms with van der Waals surface area (Å²) in [6, 6.07) is 1.89. The van der Waals surface area contributed by atoms with Gasteiger partial charge in [-0.2, -0.15) is 0 Å². The molecule has 0 N–H and O–H groups in total. The van der Waals surface area contributed by atoms with Gasteiger partial charge >= 0.3 is 0 Å². The molecule has 70 valence electrons. The molecule has 0 aliphatic heterocycles. The molecule has 0 radical (unpaired) electrons. The number of nitrogens with zero attached hydrogens (tertiary/aromatic N) is 1. The zero-order valence-corrected chi connectivity index (χ0v) is 8.34. The third-order valence-electron chi connectivity index (χ3n) is 1.83. The average Bonchev–Trinajstić information content (AvgIpc) is 2.08. The summed E-state index contributed by atoms with van der Waals surface area (Å²) in [5.41, 5.74) is 1.07. The van der Waals surface area contributed by atoms with E-state index in [1.165, 1.54) is 0 Å². The van der Waals surface area contributed by atoms with E-state index < -0.39 is 0 Å². The molecule has 1 heterocycles. The van der Waals surface area contributed by atoms with Gasteiger partial charge in [-0.15, -0.1) is 0 Å². The fourth-order valence-corrected chi connectivity index (χ4v) is 1.35. The van der Waals surface area contributed by atoms with Crippen molar-refractivity contribution in [2.24, 2.45) is 0 Å². The minimum Gasteiger partial charge on any atom is -0.300 e. The van der Waals surface area contributed by atoms with Crippen LogP contribution in [-0.4, -0.2) is 10.8 Å². The van der Waals surface area contributed by atoms with Gasteiger partial charge < -0.3 is 4.79 Å². The van der Waals surface area contributed by atoms with Crippen LogP contribution in [0.5, 0.6) is 0 Å². The van der Waals surface area contributed by atoms with Crippen molar-refractivity contribution in [3.63, 3.8) is 0 Å². The first-order valence-corrected chi connectivity index (χ1v) is 4.66. The zero-order valence-electron chi connectivity index (χ0n) is 7.59. The summed E-state index contributed by atoms with van der Waals surface area (Å²) in [6.45, 7) is 1.61. The lowest BCUT2D eigenvalue weighted by atomic mass is 10.1. The van der Waals surface area contributed by atoms with Crippen molar-refractivity contribution >= 4 is 17.4 Å². The molecule has 3 heteroatoms. The molecule has 0 aliphatic rings. The first kappa shape index (κ1) is 10.2. The van der Waals surface area contributed by atoms with Crippen molar-refractivity contribution in [2.75, 3.05) is 0 Å². The number of aromatic nitrogens is 1. The molecule has 0 aliphatic carbocycles. The van der Waals surface area contributed by atoms with E-state index in [0.29, 0.717) is 11.4 Å². The Morgan fingerprint density at radius 1 is 1.62 bits per heavy atom. The molecule has 0 aromatic carbocycles. The number of aryl methyl sites for hydroxylation is 1. The fraction of sp³-hybridized carbons (Fsp3) is 0.400. The highest BCUT2D eigenvalue weighted by atomic mass is 35.5. The van der Waals surface area contributed by atoms with E-state index in [2.05, 4.69) is 4.98 Å². The topological polar surface area (TPSA) is 30.0 Å². The summed E-state index contributed by atoms with van der Waals surface area (Å²) in [6.07, 6.45) is 5.68. The van der Waals surface area contributed by atoms with Crippen LogP contribution >= 0.6 is 11.6 Å². The Labute approximate surface area is 82.9 Å². The number of carbonyl (C=O) groups is 1. The molecule has 1 aromatic rings. The lowest BCUT2D eigenvalue weighted by Crippen LogP contribution is -1.93. The smallest absolute Gasteiger partial charge is 0.129 e. The number of hydrogen-bond donors (Lipinski definition) is 0. The monoisotopic (exact) mass is 197 g/mol. The third kappa shape index (κ3) is 3.55. The number of pyridine rings is 1. The Bertz CT molecular complexity index is 299.